The van der Waals surface area contributed by atoms with Gasteiger partial charge in [-0.3, -0.25) is 14.2 Å². The van der Waals surface area contributed by atoms with Crippen LogP contribution in [-0.2, 0) is 23.4 Å². The number of aromatic nitrogens is 4. The van der Waals surface area contributed by atoms with Gasteiger partial charge < -0.3 is 9.73 Å². The normalized spacial score (nSPS) is 11.8. The van der Waals surface area contributed by atoms with Crippen molar-refractivity contribution in [1.29, 1.82) is 0 Å². The summed E-state index contributed by atoms with van der Waals surface area (Å²) in [6.45, 7) is 8.37. The fraction of sp³-hybridized carbons (Fsp3) is 0.444. The summed E-state index contributed by atoms with van der Waals surface area (Å²) in [5.41, 5.74) is 0.117. The van der Waals surface area contributed by atoms with Crippen molar-refractivity contribution in [3.05, 3.63) is 46.5 Å². The van der Waals surface area contributed by atoms with Crippen LogP contribution in [0.25, 0.3) is 11.0 Å². The Labute approximate surface area is 150 Å². The highest BCUT2D eigenvalue weighted by atomic mass is 16.3. The van der Waals surface area contributed by atoms with E-state index in [9.17, 15) is 9.59 Å². The minimum absolute atomic E-state index is 0.154. The quantitative estimate of drug-likeness (QED) is 0.753. The number of carbonyl (C=O) groups excluding carboxylic acids is 1. The highest BCUT2D eigenvalue weighted by Gasteiger charge is 2.21. The van der Waals surface area contributed by atoms with Crippen molar-refractivity contribution in [3.63, 3.8) is 0 Å². The number of amides is 1. The van der Waals surface area contributed by atoms with Gasteiger partial charge in [-0.1, -0.05) is 0 Å². The molecule has 8 heteroatoms. The average Bonchev–Trinajstić information content (AvgIpc) is 3.21. The molecule has 8 nitrogen and oxygen atoms in total. The molecule has 0 aliphatic rings. The van der Waals surface area contributed by atoms with Gasteiger partial charge in [-0.15, -0.1) is 0 Å². The second-order valence-corrected chi connectivity index (χ2v) is 7.19. The van der Waals surface area contributed by atoms with Crippen LogP contribution in [0.1, 0.15) is 38.8 Å². The van der Waals surface area contributed by atoms with Crippen LogP contribution in [0.5, 0.6) is 0 Å². The molecule has 0 aliphatic carbocycles. The first-order valence-corrected chi connectivity index (χ1v) is 8.52. The lowest BCUT2D eigenvalue weighted by Gasteiger charge is -2.20. The van der Waals surface area contributed by atoms with Crippen LogP contribution in [0.3, 0.4) is 0 Å². The van der Waals surface area contributed by atoms with Gasteiger partial charge in [0, 0.05) is 13.0 Å². The monoisotopic (exact) mass is 357 g/mol. The Morgan fingerprint density at radius 2 is 2.12 bits per heavy atom. The Morgan fingerprint density at radius 3 is 2.77 bits per heavy atom. The van der Waals surface area contributed by atoms with Gasteiger partial charge in [0.1, 0.15) is 17.0 Å². The Hall–Kier alpha value is -2.90. The lowest BCUT2D eigenvalue weighted by Crippen LogP contribution is -2.29. The number of furan rings is 1. The van der Waals surface area contributed by atoms with E-state index in [1.54, 1.807) is 36.2 Å². The number of hydrogen-bond acceptors (Lipinski definition) is 5. The first-order chi connectivity index (χ1) is 12.3. The molecule has 0 aliphatic heterocycles. The lowest BCUT2D eigenvalue weighted by atomic mass is 10.1. The van der Waals surface area contributed by atoms with E-state index in [2.05, 4.69) is 15.4 Å². The first-order valence-electron chi connectivity index (χ1n) is 8.52. The van der Waals surface area contributed by atoms with Crippen molar-refractivity contribution in [2.24, 2.45) is 0 Å². The predicted octanol–water partition coefficient (Wildman–Crippen LogP) is 1.96. The van der Waals surface area contributed by atoms with Crippen LogP contribution in [0.4, 0.5) is 0 Å². The molecule has 0 bridgehead atoms. The van der Waals surface area contributed by atoms with Crippen LogP contribution in [0.15, 0.2) is 33.8 Å². The Balaban J connectivity index is 1.76. The summed E-state index contributed by atoms with van der Waals surface area (Å²) in [5, 5.41) is 7.54. The van der Waals surface area contributed by atoms with E-state index in [-0.39, 0.29) is 30.0 Å². The van der Waals surface area contributed by atoms with Crippen molar-refractivity contribution < 1.29 is 9.21 Å². The van der Waals surface area contributed by atoms with Gasteiger partial charge in [-0.05, 0) is 39.8 Å². The molecule has 0 fully saturated rings. The van der Waals surface area contributed by atoms with Gasteiger partial charge in [0.05, 0.1) is 24.5 Å². The minimum atomic E-state index is -0.272. The second kappa shape index (κ2) is 6.78. The Kier molecular flexibility index (Phi) is 4.67. The Morgan fingerprint density at radius 1 is 1.35 bits per heavy atom. The molecule has 0 aromatic carbocycles. The maximum Gasteiger partial charge on any atom is 0.264 e. The molecule has 26 heavy (non-hydrogen) atoms. The molecule has 3 rings (SSSR count). The molecule has 0 saturated carbocycles. The predicted molar refractivity (Wildman–Crippen MR) is 96.7 cm³/mol. The van der Waals surface area contributed by atoms with Crippen molar-refractivity contribution in [2.75, 3.05) is 0 Å². The lowest BCUT2D eigenvalue weighted by molar-refractivity contribution is -0.121. The SMILES string of the molecule is Cc1nc2c(cnn2C(C)(C)C)c(=O)n1CCC(=O)NCc1ccco1. The molecule has 3 heterocycles. The number of nitrogens with one attached hydrogen (secondary N) is 1. The van der Waals surface area contributed by atoms with Gasteiger partial charge in [0.15, 0.2) is 5.65 Å². The number of fused-ring (bicyclic) bond motifs is 1. The third kappa shape index (κ3) is 3.54. The maximum atomic E-state index is 12.8. The molecular formula is C18H23N5O3. The summed E-state index contributed by atoms with van der Waals surface area (Å²) >= 11 is 0. The summed E-state index contributed by atoms with van der Waals surface area (Å²) in [6.07, 6.45) is 3.29. The Bertz CT molecular complexity index is 977. The molecule has 1 N–H and O–H groups in total. The average molecular weight is 357 g/mol. The van der Waals surface area contributed by atoms with Crippen molar-refractivity contribution in [1.82, 2.24) is 24.6 Å². The van der Waals surface area contributed by atoms with E-state index >= 15 is 0 Å². The van der Waals surface area contributed by atoms with Crippen LogP contribution in [-0.4, -0.2) is 25.2 Å². The number of carbonyl (C=O) groups is 1. The largest absolute Gasteiger partial charge is 0.467 e. The van der Waals surface area contributed by atoms with E-state index in [0.717, 1.165) is 0 Å². The highest BCUT2D eigenvalue weighted by Crippen LogP contribution is 2.18. The van der Waals surface area contributed by atoms with E-state index in [4.69, 9.17) is 4.42 Å². The second-order valence-electron chi connectivity index (χ2n) is 7.19. The van der Waals surface area contributed by atoms with E-state index in [1.165, 1.54) is 4.57 Å². The number of rotatable bonds is 5. The molecule has 138 valence electrons. The highest BCUT2D eigenvalue weighted by molar-refractivity contribution is 5.76. The van der Waals surface area contributed by atoms with Crippen LogP contribution in [0, 0.1) is 6.92 Å². The van der Waals surface area contributed by atoms with Crippen LogP contribution < -0.4 is 10.9 Å². The number of aryl methyl sites for hydroxylation is 1. The molecule has 0 spiro atoms. The summed E-state index contributed by atoms with van der Waals surface area (Å²) in [5.74, 6) is 1.09. The van der Waals surface area contributed by atoms with E-state index in [1.807, 2.05) is 20.8 Å². The standard InChI is InChI=1S/C18H23N5O3/c1-12-21-16-14(11-20-23(16)18(2,3)4)17(25)22(12)8-7-15(24)19-10-13-6-5-9-26-13/h5-6,9,11H,7-8,10H2,1-4H3,(H,19,24). The molecule has 0 saturated heterocycles. The molecular weight excluding hydrogens is 334 g/mol. The number of nitrogens with zero attached hydrogens (tertiary/aromatic N) is 4. The fourth-order valence-corrected chi connectivity index (χ4v) is 2.76. The van der Waals surface area contributed by atoms with Gasteiger partial charge in [-0.25, -0.2) is 9.67 Å². The zero-order valence-electron chi connectivity index (χ0n) is 15.4. The third-order valence-electron chi connectivity index (χ3n) is 4.12. The van der Waals surface area contributed by atoms with Crippen LogP contribution >= 0.6 is 0 Å². The molecule has 1 amide bonds. The minimum Gasteiger partial charge on any atom is -0.467 e. The summed E-state index contributed by atoms with van der Waals surface area (Å²) in [4.78, 5) is 29.3. The van der Waals surface area contributed by atoms with Crippen molar-refractivity contribution in [3.8, 4) is 0 Å². The van der Waals surface area contributed by atoms with E-state index < -0.39 is 0 Å². The first kappa shape index (κ1) is 17.9. The molecule has 3 aromatic heterocycles. The fourth-order valence-electron chi connectivity index (χ4n) is 2.76. The summed E-state index contributed by atoms with van der Waals surface area (Å²) in [7, 11) is 0. The van der Waals surface area contributed by atoms with Gasteiger partial charge in [0.25, 0.3) is 5.56 Å². The van der Waals surface area contributed by atoms with Crippen LogP contribution in [0.2, 0.25) is 0 Å². The van der Waals surface area contributed by atoms with Gasteiger partial charge >= 0.3 is 0 Å². The molecule has 0 atom stereocenters. The van der Waals surface area contributed by atoms with Crippen molar-refractivity contribution >= 4 is 16.9 Å². The zero-order chi connectivity index (χ0) is 18.9. The molecule has 0 unspecified atom stereocenters. The molecule has 0 radical (unpaired) electrons. The number of hydrogen-bond donors (Lipinski definition) is 1. The summed E-state index contributed by atoms with van der Waals surface area (Å²) in [6, 6.07) is 3.56. The van der Waals surface area contributed by atoms with Crippen molar-refractivity contribution in [2.45, 2.75) is 52.7 Å². The smallest absolute Gasteiger partial charge is 0.264 e. The third-order valence-corrected chi connectivity index (χ3v) is 4.12. The van der Waals surface area contributed by atoms with Gasteiger partial charge in [0.2, 0.25) is 5.91 Å². The van der Waals surface area contributed by atoms with Gasteiger partial charge in [-0.2, -0.15) is 5.10 Å². The maximum absolute atomic E-state index is 12.8. The summed E-state index contributed by atoms with van der Waals surface area (Å²) < 4.78 is 8.44. The van der Waals surface area contributed by atoms with E-state index in [0.29, 0.717) is 29.2 Å². The zero-order valence-corrected chi connectivity index (χ0v) is 15.4. The molecule has 3 aromatic rings. The topological polar surface area (TPSA) is 95.0 Å².